The van der Waals surface area contributed by atoms with Gasteiger partial charge in [0.1, 0.15) is 11.3 Å². The van der Waals surface area contributed by atoms with E-state index in [1.165, 1.54) is 25.7 Å². The zero-order valence-electron chi connectivity index (χ0n) is 23.4. The summed E-state index contributed by atoms with van der Waals surface area (Å²) in [6.45, 7) is 5.00. The molecule has 2 bridgehead atoms. The van der Waals surface area contributed by atoms with E-state index in [9.17, 15) is 9.90 Å². The van der Waals surface area contributed by atoms with Crippen molar-refractivity contribution < 1.29 is 9.90 Å². The van der Waals surface area contributed by atoms with Crippen LogP contribution in [0.3, 0.4) is 0 Å². The smallest absolute Gasteiger partial charge is 0.229 e. The van der Waals surface area contributed by atoms with Crippen molar-refractivity contribution in [2.75, 3.05) is 36.9 Å². The number of aromatic nitrogens is 4. The summed E-state index contributed by atoms with van der Waals surface area (Å²) < 4.78 is 0. The van der Waals surface area contributed by atoms with E-state index >= 15 is 0 Å². The highest BCUT2D eigenvalue weighted by Gasteiger charge is 2.41. The lowest BCUT2D eigenvalue weighted by Gasteiger charge is -2.35. The molecule has 2 N–H and O–H groups in total. The molecule has 3 fully saturated rings. The van der Waals surface area contributed by atoms with Gasteiger partial charge in [-0.05, 0) is 76.7 Å². The summed E-state index contributed by atoms with van der Waals surface area (Å²) in [6.07, 6.45) is 8.70. The summed E-state index contributed by atoms with van der Waals surface area (Å²) in [4.78, 5) is 39.2. The van der Waals surface area contributed by atoms with E-state index in [0.717, 1.165) is 60.3 Å². The van der Waals surface area contributed by atoms with Crippen molar-refractivity contribution in [1.29, 1.82) is 0 Å². The molecule has 0 radical (unpaired) electrons. The Hall–Kier alpha value is -3.37. The van der Waals surface area contributed by atoms with Crippen LogP contribution in [-0.4, -0.2) is 79.5 Å². The van der Waals surface area contributed by atoms with Crippen molar-refractivity contribution in [3.63, 3.8) is 0 Å². The second-order valence-electron chi connectivity index (χ2n) is 12.1. The molecule has 0 aromatic carbocycles. The molecule has 0 saturated carbocycles. The fourth-order valence-electron chi connectivity index (χ4n) is 7.17. The van der Waals surface area contributed by atoms with Gasteiger partial charge in [-0.1, -0.05) is 6.07 Å². The van der Waals surface area contributed by atoms with Crippen molar-refractivity contribution in [2.45, 2.75) is 76.6 Å². The normalized spacial score (nSPS) is 25.3. The average molecular weight is 543 g/mol. The molecule has 7 heterocycles. The van der Waals surface area contributed by atoms with Crippen LogP contribution in [0.25, 0.3) is 10.9 Å². The van der Waals surface area contributed by atoms with Crippen molar-refractivity contribution >= 4 is 34.4 Å². The van der Waals surface area contributed by atoms with Gasteiger partial charge in [-0.2, -0.15) is 0 Å². The number of amides is 1. The molecule has 210 valence electrons. The Kier molecular flexibility index (Phi) is 6.54. The maximum atomic E-state index is 13.2. The van der Waals surface area contributed by atoms with Gasteiger partial charge in [0.2, 0.25) is 11.9 Å². The molecule has 10 heteroatoms. The lowest BCUT2D eigenvalue weighted by Crippen LogP contribution is -2.45. The van der Waals surface area contributed by atoms with Crippen LogP contribution in [0.2, 0.25) is 0 Å². The summed E-state index contributed by atoms with van der Waals surface area (Å²) >= 11 is 0. The third-order valence-corrected chi connectivity index (χ3v) is 9.27. The number of aliphatic hydroxyl groups is 1. The van der Waals surface area contributed by atoms with Crippen LogP contribution in [0.5, 0.6) is 0 Å². The molecule has 1 amide bonds. The average Bonchev–Trinajstić information content (AvgIpc) is 3.56. The summed E-state index contributed by atoms with van der Waals surface area (Å²) in [5.74, 6) is 2.41. The van der Waals surface area contributed by atoms with Crippen LogP contribution in [-0.2, 0) is 17.8 Å². The number of nitrogens with one attached hydrogen (secondary N) is 1. The molecule has 10 nitrogen and oxygen atoms in total. The van der Waals surface area contributed by atoms with E-state index in [1.807, 2.05) is 23.2 Å². The summed E-state index contributed by atoms with van der Waals surface area (Å²) in [5.41, 5.74) is 3.59. The Morgan fingerprint density at radius 1 is 1.07 bits per heavy atom. The topological polar surface area (TPSA) is 111 Å². The van der Waals surface area contributed by atoms with Gasteiger partial charge >= 0.3 is 0 Å². The predicted molar refractivity (Wildman–Crippen MR) is 153 cm³/mol. The number of nitrogens with zero attached hydrogens (tertiary/aromatic N) is 7. The first kappa shape index (κ1) is 25.6. The number of carbonyl (C=O) groups is 1. The summed E-state index contributed by atoms with van der Waals surface area (Å²) in [7, 11) is 2.10. The number of anilines is 3. The molecule has 40 heavy (non-hydrogen) atoms. The van der Waals surface area contributed by atoms with E-state index in [2.05, 4.69) is 33.2 Å². The number of hydrogen-bond acceptors (Lipinski definition) is 9. The quantitative estimate of drug-likeness (QED) is 0.500. The third-order valence-electron chi connectivity index (χ3n) is 9.27. The number of fused-ring (bicyclic) bond motifs is 4. The highest BCUT2D eigenvalue weighted by Crippen LogP contribution is 2.42. The Balaban J connectivity index is 1.12. The molecular formula is C30H38N8O2. The predicted octanol–water partition coefficient (Wildman–Crippen LogP) is 3.57. The molecule has 0 aliphatic carbocycles. The van der Waals surface area contributed by atoms with Gasteiger partial charge < -0.3 is 25.1 Å². The largest absolute Gasteiger partial charge is 0.387 e. The molecule has 3 aromatic heterocycles. The number of carbonyl (C=O) groups excluding carboxylic acids is 1. The maximum absolute atomic E-state index is 13.2. The van der Waals surface area contributed by atoms with Gasteiger partial charge in [0.05, 0.1) is 17.7 Å². The lowest BCUT2D eigenvalue weighted by molar-refractivity contribution is -0.138. The maximum Gasteiger partial charge on any atom is 0.229 e. The molecular weight excluding hydrogens is 504 g/mol. The van der Waals surface area contributed by atoms with Crippen LogP contribution in [0.1, 0.15) is 68.5 Å². The van der Waals surface area contributed by atoms with Crippen LogP contribution in [0.15, 0.2) is 24.4 Å². The van der Waals surface area contributed by atoms with Crippen LogP contribution >= 0.6 is 0 Å². The van der Waals surface area contributed by atoms with Gasteiger partial charge in [0.15, 0.2) is 5.82 Å². The standard InChI is InChI=1S/C30H38N8O2/c1-18(39)25-14-21-15-31-30(35-27(21)28(33-25)38-22-6-7-23(38)9-8-22)34-26-10-5-19-17-37(13-11-24(19)32-26)29(40)20-4-3-12-36(2)16-20/h5,10,14-15,18,20,22-23,39H,3-4,6-9,11-13,16-17H2,1-2H3,(H,31,32,34,35)/t18?,20-,22?,23?/m0/s1. The minimum Gasteiger partial charge on any atom is -0.387 e. The van der Waals surface area contributed by atoms with Crippen LogP contribution in [0.4, 0.5) is 17.6 Å². The Morgan fingerprint density at radius 2 is 1.88 bits per heavy atom. The highest BCUT2D eigenvalue weighted by atomic mass is 16.3. The monoisotopic (exact) mass is 542 g/mol. The van der Waals surface area contributed by atoms with E-state index in [0.29, 0.717) is 42.6 Å². The first-order chi connectivity index (χ1) is 19.4. The summed E-state index contributed by atoms with van der Waals surface area (Å²) in [6, 6.07) is 6.89. The Morgan fingerprint density at radius 3 is 2.62 bits per heavy atom. The first-order valence-electron chi connectivity index (χ1n) is 14.8. The Bertz CT molecular complexity index is 1420. The molecule has 3 aromatic rings. The van der Waals surface area contributed by atoms with Gasteiger partial charge in [-0.15, -0.1) is 0 Å². The van der Waals surface area contributed by atoms with E-state index in [4.69, 9.17) is 15.0 Å². The second-order valence-corrected chi connectivity index (χ2v) is 12.1. The fraction of sp³-hybridized carbons (Fsp3) is 0.567. The van der Waals surface area contributed by atoms with Gasteiger partial charge in [0.25, 0.3) is 0 Å². The first-order valence-corrected chi connectivity index (χ1v) is 14.8. The third kappa shape index (κ3) is 4.66. The zero-order chi connectivity index (χ0) is 27.4. The van der Waals surface area contributed by atoms with Crippen molar-refractivity contribution in [3.8, 4) is 0 Å². The van der Waals surface area contributed by atoms with Gasteiger partial charge in [-0.25, -0.2) is 19.9 Å². The molecule has 7 rings (SSSR count). The SMILES string of the molecule is CC(O)c1cc2cnc(Nc3ccc4c(n3)CCN(C(=O)[C@H]3CCCN(C)C3)C4)nc2c(N2C3CCC2CC3)n1. The lowest BCUT2D eigenvalue weighted by atomic mass is 9.95. The van der Waals surface area contributed by atoms with Crippen molar-refractivity contribution in [2.24, 2.45) is 5.92 Å². The van der Waals surface area contributed by atoms with E-state index < -0.39 is 6.10 Å². The number of hydrogen-bond donors (Lipinski definition) is 2. The molecule has 0 spiro atoms. The molecule has 3 saturated heterocycles. The number of pyridine rings is 2. The minimum atomic E-state index is -0.656. The number of aliphatic hydroxyl groups excluding tert-OH is 1. The van der Waals surface area contributed by atoms with Crippen molar-refractivity contribution in [1.82, 2.24) is 29.7 Å². The number of rotatable bonds is 5. The van der Waals surface area contributed by atoms with E-state index in [1.54, 1.807) is 6.92 Å². The number of piperidine rings is 1. The molecule has 4 aliphatic heterocycles. The number of likely N-dealkylation sites (tertiary alicyclic amines) is 1. The molecule has 2 atom stereocenters. The minimum absolute atomic E-state index is 0.103. The van der Waals surface area contributed by atoms with Crippen molar-refractivity contribution in [3.05, 3.63) is 41.3 Å². The second kappa shape index (κ2) is 10.2. The molecule has 1 unspecified atom stereocenters. The fourth-order valence-corrected chi connectivity index (χ4v) is 7.17. The molecule has 4 aliphatic rings. The summed E-state index contributed by atoms with van der Waals surface area (Å²) in [5, 5.41) is 14.5. The zero-order valence-corrected chi connectivity index (χ0v) is 23.4. The van der Waals surface area contributed by atoms with Gasteiger partial charge in [-0.3, -0.25) is 4.79 Å². The van der Waals surface area contributed by atoms with E-state index in [-0.39, 0.29) is 11.8 Å². The van der Waals surface area contributed by atoms with Gasteiger partial charge in [0, 0.05) is 55.4 Å². The van der Waals surface area contributed by atoms with Crippen LogP contribution < -0.4 is 10.2 Å². The van der Waals surface area contributed by atoms with Crippen LogP contribution in [0, 0.1) is 5.92 Å². The Labute approximate surface area is 234 Å². The highest BCUT2D eigenvalue weighted by molar-refractivity contribution is 5.90.